The van der Waals surface area contributed by atoms with E-state index < -0.39 is 0 Å². The Labute approximate surface area is 134 Å². The van der Waals surface area contributed by atoms with Crippen LogP contribution >= 0.6 is 11.6 Å². The molecule has 1 aromatic heterocycles. The Bertz CT molecular complexity index is 683. The van der Waals surface area contributed by atoms with Crippen LogP contribution in [0.15, 0.2) is 24.3 Å². The lowest BCUT2D eigenvalue weighted by Gasteiger charge is -2.10. The first-order valence-corrected chi connectivity index (χ1v) is 7.93. The third kappa shape index (κ3) is 3.15. The van der Waals surface area contributed by atoms with Crippen molar-refractivity contribution in [2.75, 3.05) is 5.32 Å². The van der Waals surface area contributed by atoms with Gasteiger partial charge in [0.15, 0.2) is 0 Å². The number of nitrogens with two attached hydrogens (primary N) is 1. The standard InChI is InChI=1S/C16H19ClN4O/c17-15-14-10-6-4-5-8-12(10)19-13(22)9-3-1-2-7-11(18)16(20-14)21-15/h4-6,8,11H,1-3,7,9,18H2,(H,19,22)(H,20,21)/t11-/m0/s1. The fourth-order valence-electron chi connectivity index (χ4n) is 2.70. The number of aromatic nitrogens is 2. The molecule has 5 nitrogen and oxygen atoms in total. The second kappa shape index (κ2) is 6.50. The van der Waals surface area contributed by atoms with Gasteiger partial charge in [-0.15, -0.1) is 0 Å². The highest BCUT2D eigenvalue weighted by Crippen LogP contribution is 2.33. The number of halogens is 1. The van der Waals surface area contributed by atoms with Crippen LogP contribution in [0, 0.1) is 0 Å². The topological polar surface area (TPSA) is 83.8 Å². The van der Waals surface area contributed by atoms with Crippen molar-refractivity contribution in [2.45, 2.75) is 38.1 Å². The van der Waals surface area contributed by atoms with Gasteiger partial charge in [0.05, 0.1) is 11.7 Å². The van der Waals surface area contributed by atoms with Crippen molar-refractivity contribution in [3.63, 3.8) is 0 Å². The maximum absolute atomic E-state index is 12.1. The summed E-state index contributed by atoms with van der Waals surface area (Å²) in [6, 6.07) is 7.37. The minimum absolute atomic E-state index is 0.0166. The summed E-state index contributed by atoms with van der Waals surface area (Å²) in [5.41, 5.74) is 8.33. The van der Waals surface area contributed by atoms with Gasteiger partial charge in [0.1, 0.15) is 16.7 Å². The number of imidazole rings is 1. The van der Waals surface area contributed by atoms with E-state index in [-0.39, 0.29) is 11.9 Å². The molecule has 0 radical (unpaired) electrons. The van der Waals surface area contributed by atoms with E-state index in [9.17, 15) is 4.79 Å². The van der Waals surface area contributed by atoms with Crippen LogP contribution in [0.3, 0.4) is 0 Å². The zero-order valence-corrected chi connectivity index (χ0v) is 13.0. The van der Waals surface area contributed by atoms with Crippen LogP contribution in [0.1, 0.15) is 44.0 Å². The molecule has 22 heavy (non-hydrogen) atoms. The van der Waals surface area contributed by atoms with E-state index in [2.05, 4.69) is 15.3 Å². The Morgan fingerprint density at radius 2 is 2.05 bits per heavy atom. The molecule has 0 fully saturated rings. The molecule has 0 saturated carbocycles. The molecule has 1 aliphatic heterocycles. The first-order chi connectivity index (χ1) is 10.6. The summed E-state index contributed by atoms with van der Waals surface area (Å²) in [7, 11) is 0. The van der Waals surface area contributed by atoms with Gasteiger partial charge in [-0.1, -0.05) is 42.6 Å². The highest BCUT2D eigenvalue weighted by atomic mass is 35.5. The lowest BCUT2D eigenvalue weighted by Crippen LogP contribution is -2.12. The van der Waals surface area contributed by atoms with Crippen molar-refractivity contribution >= 4 is 23.2 Å². The second-order valence-corrected chi connectivity index (χ2v) is 5.96. The van der Waals surface area contributed by atoms with Crippen LogP contribution in [0.25, 0.3) is 11.3 Å². The fourth-order valence-corrected chi connectivity index (χ4v) is 2.94. The predicted octanol–water partition coefficient (Wildman–Crippen LogP) is 3.63. The number of anilines is 1. The zero-order valence-electron chi connectivity index (χ0n) is 12.2. The van der Waals surface area contributed by atoms with Crippen molar-refractivity contribution in [1.82, 2.24) is 9.97 Å². The van der Waals surface area contributed by atoms with E-state index in [0.717, 1.165) is 36.9 Å². The van der Waals surface area contributed by atoms with Gasteiger partial charge in [-0.05, 0) is 18.9 Å². The summed E-state index contributed by atoms with van der Waals surface area (Å²) < 4.78 is 0. The maximum Gasteiger partial charge on any atom is 0.224 e. The van der Waals surface area contributed by atoms with Crippen LogP contribution < -0.4 is 11.1 Å². The van der Waals surface area contributed by atoms with E-state index in [0.29, 0.717) is 23.1 Å². The summed E-state index contributed by atoms with van der Waals surface area (Å²) in [5, 5.41) is 3.40. The molecule has 1 amide bonds. The lowest BCUT2D eigenvalue weighted by atomic mass is 10.1. The average molecular weight is 319 g/mol. The third-order valence-electron chi connectivity index (χ3n) is 3.90. The normalized spacial score (nSPS) is 19.4. The van der Waals surface area contributed by atoms with Gasteiger partial charge >= 0.3 is 0 Å². The van der Waals surface area contributed by atoms with E-state index in [1.54, 1.807) is 0 Å². The lowest BCUT2D eigenvalue weighted by molar-refractivity contribution is -0.116. The molecule has 0 unspecified atom stereocenters. The van der Waals surface area contributed by atoms with E-state index in [1.165, 1.54) is 0 Å². The van der Waals surface area contributed by atoms with Crippen LogP contribution in [0.2, 0.25) is 5.15 Å². The first kappa shape index (κ1) is 15.1. The molecule has 116 valence electrons. The SMILES string of the molecule is N[C@H]1CCCCCC(=O)Nc2ccccc2-c2nc1[nH]c2Cl. The minimum Gasteiger partial charge on any atom is -0.331 e. The monoisotopic (exact) mass is 318 g/mol. The van der Waals surface area contributed by atoms with Gasteiger partial charge in [0, 0.05) is 12.0 Å². The number of hydrogen-bond donors (Lipinski definition) is 3. The molecule has 1 aromatic carbocycles. The Kier molecular flexibility index (Phi) is 4.45. The third-order valence-corrected chi connectivity index (χ3v) is 4.18. The number of para-hydroxylation sites is 1. The number of amides is 1. The van der Waals surface area contributed by atoms with Gasteiger partial charge in [-0.2, -0.15) is 0 Å². The van der Waals surface area contributed by atoms with Crippen molar-refractivity contribution in [3.05, 3.63) is 35.2 Å². The van der Waals surface area contributed by atoms with E-state index in [4.69, 9.17) is 17.3 Å². The first-order valence-electron chi connectivity index (χ1n) is 7.55. The average Bonchev–Trinajstić information content (AvgIpc) is 2.89. The number of rotatable bonds is 0. The molecule has 6 heteroatoms. The summed E-state index contributed by atoms with van der Waals surface area (Å²) >= 11 is 6.29. The molecule has 4 N–H and O–H groups in total. The van der Waals surface area contributed by atoms with Crippen LogP contribution in [0.4, 0.5) is 5.69 Å². The number of carbonyl (C=O) groups is 1. The van der Waals surface area contributed by atoms with E-state index in [1.807, 2.05) is 24.3 Å². The van der Waals surface area contributed by atoms with Gasteiger partial charge in [0.25, 0.3) is 0 Å². The zero-order chi connectivity index (χ0) is 15.5. The number of carbonyl (C=O) groups excluding carboxylic acids is 1. The highest BCUT2D eigenvalue weighted by Gasteiger charge is 2.19. The number of hydrogen-bond acceptors (Lipinski definition) is 3. The predicted molar refractivity (Wildman–Crippen MR) is 87.7 cm³/mol. The molecule has 0 aliphatic carbocycles. The minimum atomic E-state index is -0.164. The molecular weight excluding hydrogens is 300 g/mol. The molecule has 1 aliphatic rings. The summed E-state index contributed by atoms with van der Waals surface area (Å²) in [5.74, 6) is 0.711. The number of fused-ring (bicyclic) bond motifs is 4. The molecule has 2 heterocycles. The number of benzene rings is 1. The highest BCUT2D eigenvalue weighted by molar-refractivity contribution is 6.32. The van der Waals surface area contributed by atoms with Crippen molar-refractivity contribution in [2.24, 2.45) is 5.73 Å². The molecule has 2 bridgehead atoms. The van der Waals surface area contributed by atoms with Gasteiger partial charge in [-0.3, -0.25) is 4.79 Å². The Morgan fingerprint density at radius 3 is 2.91 bits per heavy atom. The van der Waals surface area contributed by atoms with Crippen LogP contribution in [0.5, 0.6) is 0 Å². The summed E-state index contributed by atoms with van der Waals surface area (Å²) in [4.78, 5) is 19.7. The van der Waals surface area contributed by atoms with Crippen LogP contribution in [-0.4, -0.2) is 15.9 Å². The largest absolute Gasteiger partial charge is 0.331 e. The van der Waals surface area contributed by atoms with Crippen molar-refractivity contribution in [1.29, 1.82) is 0 Å². The molecular formula is C16H19ClN4O. The number of nitrogens with zero attached hydrogens (tertiary/aromatic N) is 1. The Morgan fingerprint density at radius 1 is 1.23 bits per heavy atom. The van der Waals surface area contributed by atoms with E-state index >= 15 is 0 Å². The van der Waals surface area contributed by atoms with Crippen molar-refractivity contribution in [3.8, 4) is 11.3 Å². The number of aromatic amines is 1. The number of H-pyrrole nitrogens is 1. The van der Waals surface area contributed by atoms with Gasteiger partial charge < -0.3 is 16.0 Å². The van der Waals surface area contributed by atoms with Crippen molar-refractivity contribution < 1.29 is 4.79 Å². The number of nitrogens with one attached hydrogen (secondary N) is 2. The quantitative estimate of drug-likeness (QED) is 0.693. The maximum atomic E-state index is 12.1. The van der Waals surface area contributed by atoms with Crippen LogP contribution in [-0.2, 0) is 4.79 Å². The molecule has 1 atom stereocenters. The molecule has 0 spiro atoms. The Hall–Kier alpha value is -1.85. The van der Waals surface area contributed by atoms with Gasteiger partial charge in [0.2, 0.25) is 5.91 Å². The molecule has 3 rings (SSSR count). The smallest absolute Gasteiger partial charge is 0.224 e. The Balaban J connectivity index is 2.05. The van der Waals surface area contributed by atoms with Gasteiger partial charge in [-0.25, -0.2) is 4.98 Å². The molecule has 0 saturated heterocycles. The summed E-state index contributed by atoms with van der Waals surface area (Å²) in [6.07, 6.45) is 4.15. The fraction of sp³-hybridized carbons (Fsp3) is 0.375. The second-order valence-electron chi connectivity index (χ2n) is 5.58. The molecule has 2 aromatic rings. The summed E-state index contributed by atoms with van der Waals surface area (Å²) in [6.45, 7) is 0.